The first-order valence-electron chi connectivity index (χ1n) is 10.1. The number of morpholine rings is 1. The van der Waals surface area contributed by atoms with Gasteiger partial charge in [0.2, 0.25) is 11.8 Å². The summed E-state index contributed by atoms with van der Waals surface area (Å²) < 4.78 is 11.4. The fourth-order valence-electron chi connectivity index (χ4n) is 3.88. The predicted molar refractivity (Wildman–Crippen MR) is 115 cm³/mol. The highest BCUT2D eigenvalue weighted by Gasteiger charge is 2.26. The van der Waals surface area contributed by atoms with Gasteiger partial charge in [0.15, 0.2) is 5.13 Å². The van der Waals surface area contributed by atoms with Crippen LogP contribution in [0.25, 0.3) is 0 Å². The topological polar surface area (TPSA) is 84.0 Å². The number of carbonyl (C=O) groups excluding carboxylic acids is 2. The van der Waals surface area contributed by atoms with Crippen LogP contribution >= 0.6 is 11.3 Å². The van der Waals surface area contributed by atoms with Gasteiger partial charge >= 0.3 is 0 Å². The van der Waals surface area contributed by atoms with Crippen LogP contribution in [-0.2, 0) is 20.9 Å². The lowest BCUT2D eigenvalue weighted by atomic mass is 10.2. The van der Waals surface area contributed by atoms with E-state index in [9.17, 15) is 9.59 Å². The smallest absolute Gasteiger partial charge is 0.246 e. The number of rotatable bonds is 5. The summed E-state index contributed by atoms with van der Waals surface area (Å²) in [5, 5.41) is 5.32. The number of carbonyl (C=O) groups is 2. The summed E-state index contributed by atoms with van der Waals surface area (Å²) in [6.07, 6.45) is 0.633. The Balaban J connectivity index is 1.37. The third-order valence-electron chi connectivity index (χ3n) is 5.01. The Morgan fingerprint density at radius 1 is 1.27 bits per heavy atom. The zero-order valence-corrected chi connectivity index (χ0v) is 18.0. The molecule has 2 aromatic rings. The number of thiazole rings is 1. The van der Waals surface area contributed by atoms with E-state index in [0.717, 1.165) is 25.3 Å². The SMILES string of the molecule is CC1CN(Cc2csc(NC(=O)CN3C(=O)CCOc4ccccc43)n2)CC(C)O1. The summed E-state index contributed by atoms with van der Waals surface area (Å²) in [6, 6.07) is 7.27. The fourth-order valence-corrected chi connectivity index (χ4v) is 4.59. The standard InChI is InChI=1S/C21H26N4O4S/c1-14-9-24(10-15(2)29-14)11-16-13-30-21(22-16)23-19(26)12-25-17-5-3-4-6-18(17)28-8-7-20(25)27/h3-6,13-15H,7-12H2,1-2H3,(H,22,23,26). The summed E-state index contributed by atoms with van der Waals surface area (Å²) in [7, 11) is 0. The third kappa shape index (κ3) is 4.97. The number of aromatic nitrogens is 1. The molecule has 2 amide bonds. The molecule has 3 heterocycles. The van der Waals surface area contributed by atoms with Crippen molar-refractivity contribution in [2.45, 2.75) is 39.0 Å². The summed E-state index contributed by atoms with van der Waals surface area (Å²) in [5.41, 5.74) is 1.53. The second-order valence-corrected chi connectivity index (χ2v) is 8.55. The van der Waals surface area contributed by atoms with Crippen LogP contribution in [0.2, 0.25) is 0 Å². The molecule has 30 heavy (non-hydrogen) atoms. The summed E-state index contributed by atoms with van der Waals surface area (Å²) in [6.45, 7) is 6.82. The number of nitrogens with one attached hydrogen (secondary N) is 1. The number of anilines is 2. The van der Waals surface area contributed by atoms with Crippen LogP contribution in [0.15, 0.2) is 29.6 Å². The number of ether oxygens (including phenoxy) is 2. The van der Waals surface area contributed by atoms with Crippen LogP contribution in [0.1, 0.15) is 26.0 Å². The van der Waals surface area contributed by atoms with Crippen LogP contribution in [0, 0.1) is 0 Å². The number of fused-ring (bicyclic) bond motifs is 1. The zero-order chi connectivity index (χ0) is 21.1. The van der Waals surface area contributed by atoms with Gasteiger partial charge in [-0.15, -0.1) is 11.3 Å². The quantitative estimate of drug-likeness (QED) is 0.785. The number of benzene rings is 1. The Hall–Kier alpha value is -2.49. The Bertz CT molecular complexity index is 908. The molecule has 2 aliphatic heterocycles. The molecule has 1 aromatic carbocycles. The molecule has 2 unspecified atom stereocenters. The molecule has 1 fully saturated rings. The van der Waals surface area contributed by atoms with Gasteiger partial charge in [-0.25, -0.2) is 4.98 Å². The number of hydrogen-bond donors (Lipinski definition) is 1. The Morgan fingerprint density at radius 2 is 2.03 bits per heavy atom. The second-order valence-electron chi connectivity index (χ2n) is 7.69. The molecular weight excluding hydrogens is 404 g/mol. The van der Waals surface area contributed by atoms with Crippen molar-refractivity contribution in [1.29, 1.82) is 0 Å². The average Bonchev–Trinajstić information content (AvgIpc) is 3.05. The molecule has 9 heteroatoms. The molecule has 0 saturated carbocycles. The average molecular weight is 431 g/mol. The molecular formula is C21H26N4O4S. The first kappa shape index (κ1) is 20.8. The lowest BCUT2D eigenvalue weighted by molar-refractivity contribution is -0.121. The van der Waals surface area contributed by atoms with Crippen molar-refractivity contribution < 1.29 is 19.1 Å². The first-order valence-corrected chi connectivity index (χ1v) is 11.0. The van der Waals surface area contributed by atoms with E-state index in [1.165, 1.54) is 16.2 Å². The number of para-hydroxylation sites is 2. The van der Waals surface area contributed by atoms with Gasteiger partial charge in [0.1, 0.15) is 12.3 Å². The van der Waals surface area contributed by atoms with E-state index < -0.39 is 0 Å². The van der Waals surface area contributed by atoms with Crippen LogP contribution in [0.4, 0.5) is 10.8 Å². The van der Waals surface area contributed by atoms with Gasteiger partial charge in [0.05, 0.1) is 36.6 Å². The van der Waals surface area contributed by atoms with Crippen molar-refractivity contribution in [3.05, 3.63) is 35.3 Å². The van der Waals surface area contributed by atoms with Gasteiger partial charge in [-0.05, 0) is 26.0 Å². The van der Waals surface area contributed by atoms with Crippen molar-refractivity contribution in [2.24, 2.45) is 0 Å². The van der Waals surface area contributed by atoms with Crippen molar-refractivity contribution in [2.75, 3.05) is 36.5 Å². The van der Waals surface area contributed by atoms with Gasteiger partial charge in [0, 0.05) is 25.0 Å². The maximum atomic E-state index is 12.6. The minimum absolute atomic E-state index is 0.0768. The van der Waals surface area contributed by atoms with Crippen LogP contribution in [0.5, 0.6) is 5.75 Å². The van der Waals surface area contributed by atoms with Gasteiger partial charge in [-0.2, -0.15) is 0 Å². The van der Waals surface area contributed by atoms with E-state index in [4.69, 9.17) is 9.47 Å². The summed E-state index contributed by atoms with van der Waals surface area (Å²) >= 11 is 1.39. The largest absolute Gasteiger partial charge is 0.491 e. The minimum atomic E-state index is -0.283. The van der Waals surface area contributed by atoms with Crippen molar-refractivity contribution in [3.8, 4) is 5.75 Å². The van der Waals surface area contributed by atoms with Crippen LogP contribution < -0.4 is 15.0 Å². The van der Waals surface area contributed by atoms with Crippen molar-refractivity contribution >= 4 is 34.0 Å². The molecule has 1 N–H and O–H groups in total. The Labute approximate surface area is 179 Å². The summed E-state index contributed by atoms with van der Waals surface area (Å²) in [5.74, 6) is 0.196. The Kier molecular flexibility index (Phi) is 6.31. The van der Waals surface area contributed by atoms with E-state index >= 15 is 0 Å². The molecule has 0 radical (unpaired) electrons. The van der Waals surface area contributed by atoms with Gasteiger partial charge < -0.3 is 14.8 Å². The number of hydrogen-bond acceptors (Lipinski definition) is 7. The van der Waals surface area contributed by atoms with E-state index in [0.29, 0.717) is 23.2 Å². The molecule has 8 nitrogen and oxygen atoms in total. The third-order valence-corrected chi connectivity index (χ3v) is 5.82. The molecule has 2 atom stereocenters. The normalized spacial score (nSPS) is 22.2. The molecule has 160 valence electrons. The van der Waals surface area contributed by atoms with E-state index in [2.05, 4.69) is 29.0 Å². The highest BCUT2D eigenvalue weighted by molar-refractivity contribution is 7.13. The molecule has 0 spiro atoms. The maximum Gasteiger partial charge on any atom is 0.246 e. The monoisotopic (exact) mass is 430 g/mol. The Morgan fingerprint density at radius 3 is 2.83 bits per heavy atom. The minimum Gasteiger partial charge on any atom is -0.491 e. The van der Waals surface area contributed by atoms with Gasteiger partial charge in [-0.3, -0.25) is 19.4 Å². The van der Waals surface area contributed by atoms with E-state index in [-0.39, 0.29) is 37.0 Å². The van der Waals surface area contributed by atoms with Crippen LogP contribution in [-0.4, -0.2) is 60.1 Å². The molecule has 1 saturated heterocycles. The number of nitrogens with zero attached hydrogens (tertiary/aromatic N) is 3. The summed E-state index contributed by atoms with van der Waals surface area (Å²) in [4.78, 5) is 33.4. The lowest BCUT2D eigenvalue weighted by Gasteiger charge is -2.34. The van der Waals surface area contributed by atoms with Crippen molar-refractivity contribution in [1.82, 2.24) is 9.88 Å². The van der Waals surface area contributed by atoms with Gasteiger partial charge in [-0.1, -0.05) is 12.1 Å². The second kappa shape index (κ2) is 9.11. The van der Waals surface area contributed by atoms with E-state index in [1.54, 1.807) is 12.1 Å². The lowest BCUT2D eigenvalue weighted by Crippen LogP contribution is -2.44. The molecule has 1 aromatic heterocycles. The highest BCUT2D eigenvalue weighted by atomic mass is 32.1. The fraction of sp³-hybridized carbons (Fsp3) is 0.476. The van der Waals surface area contributed by atoms with E-state index in [1.807, 2.05) is 17.5 Å². The van der Waals surface area contributed by atoms with Crippen LogP contribution in [0.3, 0.4) is 0 Å². The zero-order valence-electron chi connectivity index (χ0n) is 17.2. The molecule has 2 aliphatic rings. The molecule has 0 bridgehead atoms. The highest BCUT2D eigenvalue weighted by Crippen LogP contribution is 2.31. The molecule has 4 rings (SSSR count). The number of amides is 2. The molecule has 0 aliphatic carbocycles. The van der Waals surface area contributed by atoms with Crippen molar-refractivity contribution in [3.63, 3.8) is 0 Å². The first-order chi connectivity index (χ1) is 14.5. The maximum absolute atomic E-state index is 12.6. The predicted octanol–water partition coefficient (Wildman–Crippen LogP) is 2.51. The van der Waals surface area contributed by atoms with Gasteiger partial charge in [0.25, 0.3) is 0 Å².